The zero-order valence-corrected chi connectivity index (χ0v) is 9.32. The first-order valence-electron chi connectivity index (χ1n) is 5.03. The number of hydrogen-bond donors (Lipinski definition) is 0. The van der Waals surface area contributed by atoms with Crippen LogP contribution in [0, 0.1) is 0 Å². The van der Waals surface area contributed by atoms with Gasteiger partial charge in [0.25, 0.3) is 0 Å². The molecule has 13 heavy (non-hydrogen) atoms. The molecule has 1 nitrogen and oxygen atoms in total. The molecular formula is C11H18OS. The molecule has 0 heterocycles. The second kappa shape index (κ2) is 5.48. The lowest BCUT2D eigenvalue weighted by Gasteiger charge is -2.21. The molecule has 1 aliphatic carbocycles. The van der Waals surface area contributed by atoms with Crippen LogP contribution in [0.2, 0.25) is 0 Å². The molecule has 0 spiro atoms. The number of hydrogen-bond acceptors (Lipinski definition) is 2. The first-order valence-corrected chi connectivity index (χ1v) is 5.91. The topological polar surface area (TPSA) is 17.1 Å². The molecule has 0 aliphatic heterocycles. The van der Waals surface area contributed by atoms with Crippen LogP contribution in [0.4, 0.5) is 0 Å². The van der Waals surface area contributed by atoms with E-state index < -0.39 is 0 Å². The summed E-state index contributed by atoms with van der Waals surface area (Å²) < 4.78 is 0. The normalized spacial score (nSPS) is 18.3. The molecular weight excluding hydrogens is 180 g/mol. The quantitative estimate of drug-likeness (QED) is 0.509. The minimum Gasteiger partial charge on any atom is -0.297 e. The molecule has 2 heteroatoms. The van der Waals surface area contributed by atoms with Crippen LogP contribution in [0.15, 0.2) is 10.5 Å². The predicted molar refractivity (Wildman–Crippen MR) is 58.9 cm³/mol. The third-order valence-corrected chi connectivity index (χ3v) is 4.01. The van der Waals surface area contributed by atoms with E-state index in [9.17, 15) is 4.79 Å². The molecule has 0 amide bonds. The summed E-state index contributed by atoms with van der Waals surface area (Å²) in [6.45, 7) is 4.03. The first-order chi connectivity index (χ1) is 6.24. The summed E-state index contributed by atoms with van der Waals surface area (Å²) in [4.78, 5) is 11.7. The van der Waals surface area contributed by atoms with Gasteiger partial charge in [0.05, 0.1) is 0 Å². The summed E-state index contributed by atoms with van der Waals surface area (Å²) in [5.41, 5.74) is 1.16. The summed E-state index contributed by atoms with van der Waals surface area (Å²) in [7, 11) is 0. The van der Waals surface area contributed by atoms with Gasteiger partial charge in [-0.2, -0.15) is 0 Å². The van der Waals surface area contributed by atoms with Gasteiger partial charge in [-0.15, -0.1) is 11.8 Å². The largest absolute Gasteiger partial charge is 0.297 e. The molecule has 0 aromatic rings. The molecule has 0 aromatic heterocycles. The minimum atomic E-state index is 0.698. The van der Waals surface area contributed by atoms with E-state index in [0.29, 0.717) is 5.25 Å². The molecule has 0 aromatic carbocycles. The zero-order chi connectivity index (χ0) is 9.68. The van der Waals surface area contributed by atoms with Crippen LogP contribution < -0.4 is 0 Å². The lowest BCUT2D eigenvalue weighted by Crippen LogP contribution is -2.08. The fourth-order valence-electron chi connectivity index (χ4n) is 1.63. The van der Waals surface area contributed by atoms with Crippen molar-refractivity contribution in [3.05, 3.63) is 10.5 Å². The maximum atomic E-state index is 10.7. The maximum Gasteiger partial charge on any atom is 0.156 e. The molecule has 0 saturated heterocycles. The Labute approximate surface area is 85.0 Å². The molecule has 0 unspecified atom stereocenters. The van der Waals surface area contributed by atoms with Crippen LogP contribution in [0.5, 0.6) is 0 Å². The molecule has 0 N–H and O–H groups in total. The number of carbonyl (C=O) groups excluding carboxylic acids is 1. The van der Waals surface area contributed by atoms with Gasteiger partial charge < -0.3 is 0 Å². The third kappa shape index (κ3) is 3.55. The third-order valence-electron chi connectivity index (χ3n) is 2.45. The van der Waals surface area contributed by atoms with E-state index in [1.165, 1.54) is 32.1 Å². The highest BCUT2D eigenvalue weighted by molar-refractivity contribution is 8.04. The van der Waals surface area contributed by atoms with Crippen LogP contribution in [0.25, 0.3) is 0 Å². The van der Waals surface area contributed by atoms with Crippen molar-refractivity contribution in [2.45, 2.75) is 51.2 Å². The summed E-state index contributed by atoms with van der Waals surface area (Å²) in [6.07, 6.45) is 7.64. The van der Waals surface area contributed by atoms with E-state index >= 15 is 0 Å². The van der Waals surface area contributed by atoms with Gasteiger partial charge in [0, 0.05) is 10.2 Å². The second-order valence-corrected chi connectivity index (χ2v) is 5.20. The SMILES string of the molecule is CC(C)=C(C=O)SC1CCCCC1. The van der Waals surface area contributed by atoms with Gasteiger partial charge in [0.15, 0.2) is 6.29 Å². The molecule has 1 rings (SSSR count). The highest BCUT2D eigenvalue weighted by atomic mass is 32.2. The Hall–Kier alpha value is -0.240. The van der Waals surface area contributed by atoms with Crippen molar-refractivity contribution in [1.82, 2.24) is 0 Å². The van der Waals surface area contributed by atoms with E-state index in [2.05, 4.69) is 0 Å². The van der Waals surface area contributed by atoms with E-state index in [0.717, 1.165) is 16.8 Å². The average Bonchev–Trinajstić information content (AvgIpc) is 2.15. The highest BCUT2D eigenvalue weighted by Gasteiger charge is 2.15. The monoisotopic (exact) mass is 198 g/mol. The number of rotatable bonds is 3. The molecule has 1 saturated carbocycles. The van der Waals surface area contributed by atoms with Gasteiger partial charge in [0.1, 0.15) is 0 Å². The fourth-order valence-corrected chi connectivity index (χ4v) is 2.85. The van der Waals surface area contributed by atoms with Crippen molar-refractivity contribution in [3.63, 3.8) is 0 Å². The molecule has 0 radical (unpaired) electrons. The Bertz CT molecular complexity index is 198. The van der Waals surface area contributed by atoms with Crippen LogP contribution >= 0.6 is 11.8 Å². The lowest BCUT2D eigenvalue weighted by molar-refractivity contribution is -0.104. The van der Waals surface area contributed by atoms with E-state index in [4.69, 9.17) is 0 Å². The molecule has 0 bridgehead atoms. The predicted octanol–water partition coefficient (Wildman–Crippen LogP) is 3.55. The van der Waals surface area contributed by atoms with Gasteiger partial charge in [-0.1, -0.05) is 24.8 Å². The van der Waals surface area contributed by atoms with Gasteiger partial charge in [-0.3, -0.25) is 4.79 Å². The zero-order valence-electron chi connectivity index (χ0n) is 8.51. The minimum absolute atomic E-state index is 0.698. The molecule has 1 aliphatic rings. The second-order valence-electron chi connectivity index (χ2n) is 3.86. The van der Waals surface area contributed by atoms with Crippen molar-refractivity contribution in [2.75, 3.05) is 0 Å². The van der Waals surface area contributed by atoms with E-state index in [1.54, 1.807) is 11.8 Å². The van der Waals surface area contributed by atoms with Gasteiger partial charge in [-0.25, -0.2) is 0 Å². The van der Waals surface area contributed by atoms with E-state index in [1.807, 2.05) is 13.8 Å². The first kappa shape index (κ1) is 10.8. The molecule has 0 atom stereocenters. The van der Waals surface area contributed by atoms with Gasteiger partial charge in [-0.05, 0) is 26.7 Å². The smallest absolute Gasteiger partial charge is 0.156 e. The van der Waals surface area contributed by atoms with Gasteiger partial charge >= 0.3 is 0 Å². The van der Waals surface area contributed by atoms with E-state index in [-0.39, 0.29) is 0 Å². The molecule has 1 fully saturated rings. The summed E-state index contributed by atoms with van der Waals surface area (Å²) in [6, 6.07) is 0. The van der Waals surface area contributed by atoms with Crippen LogP contribution in [-0.2, 0) is 4.79 Å². The van der Waals surface area contributed by atoms with Crippen LogP contribution in [0.1, 0.15) is 46.0 Å². The maximum absolute atomic E-state index is 10.7. The van der Waals surface area contributed by atoms with Crippen molar-refractivity contribution in [3.8, 4) is 0 Å². The average molecular weight is 198 g/mol. The van der Waals surface area contributed by atoms with Crippen molar-refractivity contribution >= 4 is 18.0 Å². The summed E-state index contributed by atoms with van der Waals surface area (Å²) in [5, 5.41) is 0.698. The number of allylic oxidation sites excluding steroid dienone is 2. The Morgan fingerprint density at radius 3 is 2.31 bits per heavy atom. The Kier molecular flexibility index (Phi) is 4.57. The van der Waals surface area contributed by atoms with Crippen molar-refractivity contribution < 1.29 is 4.79 Å². The Balaban J connectivity index is 2.45. The summed E-state index contributed by atoms with van der Waals surface area (Å²) >= 11 is 1.79. The van der Waals surface area contributed by atoms with Crippen LogP contribution in [0.3, 0.4) is 0 Å². The highest BCUT2D eigenvalue weighted by Crippen LogP contribution is 2.33. The van der Waals surface area contributed by atoms with Crippen molar-refractivity contribution in [1.29, 1.82) is 0 Å². The number of carbonyl (C=O) groups is 1. The fraction of sp³-hybridized carbons (Fsp3) is 0.727. The lowest BCUT2D eigenvalue weighted by atomic mass is 10.0. The van der Waals surface area contributed by atoms with Crippen LogP contribution in [-0.4, -0.2) is 11.5 Å². The standard InChI is InChI=1S/C11H18OS/c1-9(2)11(8-12)13-10-6-4-3-5-7-10/h8,10H,3-7H2,1-2H3. The Morgan fingerprint density at radius 1 is 1.23 bits per heavy atom. The summed E-state index contributed by atoms with van der Waals surface area (Å²) in [5.74, 6) is 0. The van der Waals surface area contributed by atoms with Gasteiger partial charge in [0.2, 0.25) is 0 Å². The Morgan fingerprint density at radius 2 is 1.85 bits per heavy atom. The number of aldehydes is 1. The number of thioether (sulfide) groups is 1. The molecule has 74 valence electrons. The van der Waals surface area contributed by atoms with Crippen molar-refractivity contribution in [2.24, 2.45) is 0 Å².